The smallest absolute Gasteiger partial charge is 0.161 e. The molecule has 0 saturated heterocycles. The topological polar surface area (TPSA) is 55.1 Å². The molecule has 0 amide bonds. The second-order valence-corrected chi connectivity index (χ2v) is 5.15. The van der Waals surface area contributed by atoms with Crippen LogP contribution in [0.15, 0.2) is 42.5 Å². The maximum atomic E-state index is 11.5. The summed E-state index contributed by atoms with van der Waals surface area (Å²) in [5.41, 5.74) is 8.66. The molecular formula is C16H17ClN2O. The van der Waals surface area contributed by atoms with Crippen LogP contribution in [0.4, 0.5) is 11.4 Å². The van der Waals surface area contributed by atoms with Gasteiger partial charge in [-0.25, -0.2) is 0 Å². The van der Waals surface area contributed by atoms with Crippen molar-refractivity contribution < 1.29 is 4.79 Å². The van der Waals surface area contributed by atoms with Gasteiger partial charge >= 0.3 is 0 Å². The maximum Gasteiger partial charge on any atom is 0.161 e. The van der Waals surface area contributed by atoms with Crippen molar-refractivity contribution in [2.24, 2.45) is 0 Å². The minimum atomic E-state index is -0.0449. The number of nitrogen functional groups attached to an aromatic ring is 1. The van der Waals surface area contributed by atoms with E-state index in [1.54, 1.807) is 12.1 Å². The van der Waals surface area contributed by atoms with Gasteiger partial charge < -0.3 is 11.1 Å². The van der Waals surface area contributed by atoms with Gasteiger partial charge in [0.05, 0.1) is 0 Å². The number of carbonyl (C=O) groups is 1. The number of nitrogens with two attached hydrogens (primary N) is 1. The fourth-order valence-electron chi connectivity index (χ4n) is 2.10. The molecule has 104 valence electrons. The lowest BCUT2D eigenvalue weighted by Gasteiger charge is -2.17. The number of nitrogens with one attached hydrogen (secondary N) is 1. The van der Waals surface area contributed by atoms with Crippen LogP contribution in [0.25, 0.3) is 0 Å². The highest BCUT2D eigenvalue weighted by atomic mass is 35.5. The standard InChI is InChI=1S/C16H17ClN2O/c1-10(13-5-3-4-6-15(13)17)19-12-7-8-16(18)14(9-12)11(2)20/h3-10,19H,18H2,1-2H3. The lowest BCUT2D eigenvalue weighted by molar-refractivity contribution is 0.101. The van der Waals surface area contributed by atoms with Crippen LogP contribution in [0.3, 0.4) is 0 Å². The summed E-state index contributed by atoms with van der Waals surface area (Å²) in [4.78, 5) is 11.5. The third kappa shape index (κ3) is 3.11. The normalized spacial score (nSPS) is 11.9. The Bertz CT molecular complexity index is 640. The van der Waals surface area contributed by atoms with Gasteiger partial charge in [0.15, 0.2) is 5.78 Å². The molecule has 0 fully saturated rings. The zero-order chi connectivity index (χ0) is 14.7. The number of anilines is 2. The molecule has 4 heteroatoms. The Balaban J connectivity index is 2.24. The molecule has 3 nitrogen and oxygen atoms in total. The number of hydrogen-bond acceptors (Lipinski definition) is 3. The van der Waals surface area contributed by atoms with Gasteiger partial charge in [-0.2, -0.15) is 0 Å². The molecule has 0 bridgehead atoms. The fourth-order valence-corrected chi connectivity index (χ4v) is 2.40. The van der Waals surface area contributed by atoms with E-state index in [2.05, 4.69) is 5.32 Å². The number of halogens is 1. The first kappa shape index (κ1) is 14.4. The quantitative estimate of drug-likeness (QED) is 0.651. The van der Waals surface area contributed by atoms with Crippen LogP contribution in [0.1, 0.15) is 35.8 Å². The first-order chi connectivity index (χ1) is 9.49. The van der Waals surface area contributed by atoms with Crippen molar-refractivity contribution >= 4 is 28.8 Å². The molecule has 0 aromatic heterocycles. The molecule has 0 saturated carbocycles. The SMILES string of the molecule is CC(=O)c1cc(NC(C)c2ccccc2Cl)ccc1N. The lowest BCUT2D eigenvalue weighted by atomic mass is 10.1. The summed E-state index contributed by atoms with van der Waals surface area (Å²) in [6.45, 7) is 3.53. The molecule has 2 rings (SSSR count). The minimum absolute atomic E-state index is 0.0344. The highest BCUT2D eigenvalue weighted by Crippen LogP contribution is 2.27. The molecule has 1 unspecified atom stereocenters. The van der Waals surface area contributed by atoms with E-state index < -0.39 is 0 Å². The van der Waals surface area contributed by atoms with E-state index in [0.717, 1.165) is 16.3 Å². The zero-order valence-electron chi connectivity index (χ0n) is 11.5. The van der Waals surface area contributed by atoms with Crippen LogP contribution in [-0.2, 0) is 0 Å². The van der Waals surface area contributed by atoms with Crippen molar-refractivity contribution in [3.63, 3.8) is 0 Å². The van der Waals surface area contributed by atoms with Crippen molar-refractivity contribution in [1.82, 2.24) is 0 Å². The Kier molecular flexibility index (Phi) is 4.30. The lowest BCUT2D eigenvalue weighted by Crippen LogP contribution is -2.08. The van der Waals surface area contributed by atoms with Crippen molar-refractivity contribution in [1.29, 1.82) is 0 Å². The molecule has 0 aliphatic rings. The van der Waals surface area contributed by atoms with Gasteiger partial charge in [0.2, 0.25) is 0 Å². The third-order valence-corrected chi connectivity index (χ3v) is 3.53. The molecule has 2 aromatic rings. The van der Waals surface area contributed by atoms with Gasteiger partial charge in [-0.05, 0) is 43.7 Å². The van der Waals surface area contributed by atoms with Gasteiger partial charge in [-0.1, -0.05) is 29.8 Å². The highest BCUT2D eigenvalue weighted by molar-refractivity contribution is 6.31. The summed E-state index contributed by atoms with van der Waals surface area (Å²) in [6.07, 6.45) is 0. The summed E-state index contributed by atoms with van der Waals surface area (Å²) in [6, 6.07) is 13.1. The molecule has 0 spiro atoms. The van der Waals surface area contributed by atoms with Crippen molar-refractivity contribution in [2.45, 2.75) is 19.9 Å². The molecule has 20 heavy (non-hydrogen) atoms. The van der Waals surface area contributed by atoms with Crippen LogP contribution in [0, 0.1) is 0 Å². The number of Topliss-reactive ketones (excluding diaryl/α,β-unsaturated/α-hetero) is 1. The second-order valence-electron chi connectivity index (χ2n) is 4.75. The molecule has 3 N–H and O–H groups in total. The summed E-state index contributed by atoms with van der Waals surface area (Å²) < 4.78 is 0. The third-order valence-electron chi connectivity index (χ3n) is 3.19. The number of ketones is 1. The predicted molar refractivity (Wildman–Crippen MR) is 84.3 cm³/mol. The fraction of sp³-hybridized carbons (Fsp3) is 0.188. The van der Waals surface area contributed by atoms with Gasteiger partial charge in [0, 0.05) is 28.0 Å². The molecule has 0 radical (unpaired) electrons. The van der Waals surface area contributed by atoms with Crippen molar-refractivity contribution in [2.75, 3.05) is 11.1 Å². The molecule has 0 heterocycles. The second kappa shape index (κ2) is 5.97. The Morgan fingerprint density at radius 2 is 1.95 bits per heavy atom. The monoisotopic (exact) mass is 288 g/mol. The van der Waals surface area contributed by atoms with E-state index >= 15 is 0 Å². The molecular weight excluding hydrogens is 272 g/mol. The number of rotatable bonds is 4. The molecule has 2 aromatic carbocycles. The largest absolute Gasteiger partial charge is 0.398 e. The average molecular weight is 289 g/mol. The summed E-state index contributed by atoms with van der Waals surface area (Å²) >= 11 is 6.18. The Morgan fingerprint density at radius 1 is 1.25 bits per heavy atom. The summed E-state index contributed by atoms with van der Waals surface area (Å²) in [5, 5.41) is 4.05. The van der Waals surface area contributed by atoms with Crippen LogP contribution in [0.2, 0.25) is 5.02 Å². The molecule has 0 aliphatic carbocycles. The van der Waals surface area contributed by atoms with Crippen LogP contribution < -0.4 is 11.1 Å². The van der Waals surface area contributed by atoms with Crippen molar-refractivity contribution in [3.8, 4) is 0 Å². The average Bonchev–Trinajstić information content (AvgIpc) is 2.41. The molecule has 0 aliphatic heterocycles. The van der Waals surface area contributed by atoms with Gasteiger partial charge in [-0.3, -0.25) is 4.79 Å². The summed E-state index contributed by atoms with van der Waals surface area (Å²) in [7, 11) is 0. The van der Waals surface area contributed by atoms with E-state index in [9.17, 15) is 4.79 Å². The minimum Gasteiger partial charge on any atom is -0.398 e. The number of hydrogen-bond donors (Lipinski definition) is 2. The van der Waals surface area contributed by atoms with E-state index in [4.69, 9.17) is 17.3 Å². The van der Waals surface area contributed by atoms with Gasteiger partial charge in [0.25, 0.3) is 0 Å². The number of benzene rings is 2. The maximum absolute atomic E-state index is 11.5. The van der Waals surface area contributed by atoms with Crippen LogP contribution in [-0.4, -0.2) is 5.78 Å². The zero-order valence-corrected chi connectivity index (χ0v) is 12.2. The summed E-state index contributed by atoms with van der Waals surface area (Å²) in [5.74, 6) is -0.0449. The van der Waals surface area contributed by atoms with E-state index in [1.807, 2.05) is 37.3 Å². The predicted octanol–water partition coefficient (Wildman–Crippen LogP) is 4.30. The molecule has 1 atom stereocenters. The van der Waals surface area contributed by atoms with E-state index in [1.165, 1.54) is 6.92 Å². The van der Waals surface area contributed by atoms with Crippen molar-refractivity contribution in [3.05, 3.63) is 58.6 Å². The van der Waals surface area contributed by atoms with Gasteiger partial charge in [0.1, 0.15) is 0 Å². The Labute approximate surface area is 123 Å². The van der Waals surface area contributed by atoms with Crippen LogP contribution >= 0.6 is 11.6 Å². The first-order valence-corrected chi connectivity index (χ1v) is 6.78. The first-order valence-electron chi connectivity index (χ1n) is 6.40. The van der Waals surface area contributed by atoms with E-state index in [0.29, 0.717) is 11.3 Å². The Hall–Kier alpha value is -2.00. The Morgan fingerprint density at radius 3 is 2.60 bits per heavy atom. The van der Waals surface area contributed by atoms with Crippen LogP contribution in [0.5, 0.6) is 0 Å². The number of carbonyl (C=O) groups excluding carboxylic acids is 1. The van der Waals surface area contributed by atoms with E-state index in [-0.39, 0.29) is 11.8 Å². The highest BCUT2D eigenvalue weighted by Gasteiger charge is 2.11. The van der Waals surface area contributed by atoms with Gasteiger partial charge in [-0.15, -0.1) is 0 Å².